The van der Waals surface area contributed by atoms with E-state index in [1.807, 2.05) is 19.1 Å². The van der Waals surface area contributed by atoms with Crippen LogP contribution in [0.5, 0.6) is 11.5 Å². The number of barbiturate groups is 1. The molecule has 0 unspecified atom stereocenters. The van der Waals surface area contributed by atoms with Crippen molar-refractivity contribution in [3.8, 4) is 17.6 Å². The van der Waals surface area contributed by atoms with Gasteiger partial charge in [-0.15, -0.1) is 0 Å². The standard InChI is InChI=1S/C27H20BrN3O5/c1-2-35-24-14-17(7-12-23(24)36-16-19-6-4-3-5-18(19)15-29)13-22-25(32)30-27(34)31(26(22)33)21-10-8-20(28)9-11-21/h3-14H,2,16H2,1H3,(H,30,32,34)/b22-13-. The number of nitriles is 1. The number of benzene rings is 3. The predicted octanol–water partition coefficient (Wildman–Crippen LogP) is 4.96. The molecule has 0 radical (unpaired) electrons. The van der Waals surface area contributed by atoms with Crippen molar-refractivity contribution >= 4 is 45.5 Å². The first-order valence-corrected chi connectivity index (χ1v) is 11.7. The maximum Gasteiger partial charge on any atom is 0.335 e. The van der Waals surface area contributed by atoms with Gasteiger partial charge in [-0.2, -0.15) is 5.26 Å². The molecular formula is C27H20BrN3O5. The lowest BCUT2D eigenvalue weighted by atomic mass is 10.1. The normalized spacial score (nSPS) is 14.4. The third-order valence-electron chi connectivity index (χ3n) is 5.29. The van der Waals surface area contributed by atoms with E-state index in [0.717, 1.165) is 14.9 Å². The number of ether oxygens (including phenoxy) is 2. The van der Waals surface area contributed by atoms with Crippen molar-refractivity contribution in [2.45, 2.75) is 13.5 Å². The minimum atomic E-state index is -0.819. The molecule has 4 amide bonds. The molecule has 0 aromatic heterocycles. The Hall–Kier alpha value is -4.42. The van der Waals surface area contributed by atoms with E-state index in [2.05, 4.69) is 27.3 Å². The van der Waals surface area contributed by atoms with Crippen molar-refractivity contribution in [2.75, 3.05) is 11.5 Å². The molecule has 3 aromatic carbocycles. The summed E-state index contributed by atoms with van der Waals surface area (Å²) in [6.45, 7) is 2.34. The number of imide groups is 2. The smallest absolute Gasteiger partial charge is 0.335 e. The number of anilines is 1. The van der Waals surface area contributed by atoms with Gasteiger partial charge in [0.1, 0.15) is 12.2 Å². The Kier molecular flexibility index (Phi) is 7.47. The van der Waals surface area contributed by atoms with Gasteiger partial charge in [0.25, 0.3) is 11.8 Å². The molecule has 1 fully saturated rings. The predicted molar refractivity (Wildman–Crippen MR) is 136 cm³/mol. The molecule has 1 aliphatic heterocycles. The van der Waals surface area contributed by atoms with Crippen LogP contribution in [0.4, 0.5) is 10.5 Å². The van der Waals surface area contributed by atoms with Gasteiger partial charge in [-0.25, -0.2) is 9.69 Å². The highest BCUT2D eigenvalue weighted by atomic mass is 79.9. The van der Waals surface area contributed by atoms with Crippen LogP contribution in [-0.4, -0.2) is 24.5 Å². The molecule has 0 spiro atoms. The average Bonchev–Trinajstić information content (AvgIpc) is 2.87. The number of halogens is 1. The van der Waals surface area contributed by atoms with E-state index < -0.39 is 17.8 Å². The van der Waals surface area contributed by atoms with E-state index in [1.54, 1.807) is 54.6 Å². The summed E-state index contributed by atoms with van der Waals surface area (Å²) in [5.74, 6) is -0.675. The third-order valence-corrected chi connectivity index (χ3v) is 5.81. The van der Waals surface area contributed by atoms with E-state index >= 15 is 0 Å². The van der Waals surface area contributed by atoms with Gasteiger partial charge >= 0.3 is 6.03 Å². The molecule has 1 heterocycles. The van der Waals surface area contributed by atoms with Gasteiger partial charge < -0.3 is 9.47 Å². The summed E-state index contributed by atoms with van der Waals surface area (Å²) < 4.78 is 12.4. The first-order valence-electron chi connectivity index (χ1n) is 11.0. The first kappa shape index (κ1) is 24.7. The highest BCUT2D eigenvalue weighted by molar-refractivity contribution is 9.10. The van der Waals surface area contributed by atoms with Crippen molar-refractivity contribution in [3.63, 3.8) is 0 Å². The van der Waals surface area contributed by atoms with E-state index in [1.165, 1.54) is 6.08 Å². The van der Waals surface area contributed by atoms with Gasteiger partial charge in [-0.3, -0.25) is 14.9 Å². The molecule has 1 N–H and O–H groups in total. The molecule has 180 valence electrons. The zero-order chi connectivity index (χ0) is 25.7. The molecule has 3 aromatic rings. The Morgan fingerprint density at radius 3 is 2.47 bits per heavy atom. The lowest BCUT2D eigenvalue weighted by Crippen LogP contribution is -2.54. The quantitative estimate of drug-likeness (QED) is 0.331. The number of carbonyl (C=O) groups is 3. The van der Waals surface area contributed by atoms with Gasteiger partial charge in [0.2, 0.25) is 0 Å². The van der Waals surface area contributed by atoms with E-state index in [0.29, 0.717) is 34.9 Å². The van der Waals surface area contributed by atoms with E-state index in [-0.39, 0.29) is 12.2 Å². The number of nitrogens with one attached hydrogen (secondary N) is 1. The molecule has 0 bridgehead atoms. The number of amides is 4. The number of hydrogen-bond acceptors (Lipinski definition) is 6. The molecule has 1 saturated heterocycles. The SMILES string of the molecule is CCOc1cc(/C=C2/C(=O)NC(=O)N(c3ccc(Br)cc3)C2=O)ccc1OCc1ccccc1C#N. The minimum absolute atomic E-state index is 0.162. The molecule has 0 aliphatic carbocycles. The zero-order valence-corrected chi connectivity index (χ0v) is 20.7. The Bertz CT molecular complexity index is 1410. The van der Waals surface area contributed by atoms with Crippen molar-refractivity contribution in [1.29, 1.82) is 5.26 Å². The van der Waals surface area contributed by atoms with Crippen molar-refractivity contribution < 1.29 is 23.9 Å². The number of nitrogens with zero attached hydrogens (tertiary/aromatic N) is 2. The van der Waals surface area contributed by atoms with Crippen LogP contribution in [0, 0.1) is 11.3 Å². The lowest BCUT2D eigenvalue weighted by molar-refractivity contribution is -0.122. The molecular weight excluding hydrogens is 526 g/mol. The molecule has 9 heteroatoms. The van der Waals surface area contributed by atoms with Gasteiger partial charge in [-0.05, 0) is 61.0 Å². The molecule has 1 aliphatic rings. The lowest BCUT2D eigenvalue weighted by Gasteiger charge is -2.26. The Balaban J connectivity index is 1.62. The summed E-state index contributed by atoms with van der Waals surface area (Å²) >= 11 is 3.32. The number of urea groups is 1. The Morgan fingerprint density at radius 1 is 1.00 bits per heavy atom. The highest BCUT2D eigenvalue weighted by Gasteiger charge is 2.36. The topological polar surface area (TPSA) is 109 Å². The van der Waals surface area contributed by atoms with Crippen LogP contribution in [0.25, 0.3) is 6.08 Å². The van der Waals surface area contributed by atoms with Crippen molar-refractivity contribution in [2.24, 2.45) is 0 Å². The monoisotopic (exact) mass is 545 g/mol. The Morgan fingerprint density at radius 2 is 1.75 bits per heavy atom. The minimum Gasteiger partial charge on any atom is -0.490 e. The molecule has 4 rings (SSSR count). The third kappa shape index (κ3) is 5.29. The second kappa shape index (κ2) is 10.9. The van der Waals surface area contributed by atoms with Gasteiger partial charge in [0.15, 0.2) is 11.5 Å². The van der Waals surface area contributed by atoms with Gasteiger partial charge in [-0.1, -0.05) is 40.2 Å². The molecule has 0 saturated carbocycles. The van der Waals surface area contributed by atoms with Crippen LogP contribution in [0.3, 0.4) is 0 Å². The second-order valence-corrected chi connectivity index (χ2v) is 8.55. The summed E-state index contributed by atoms with van der Waals surface area (Å²) in [6, 6.07) is 20.0. The number of hydrogen-bond donors (Lipinski definition) is 1. The molecule has 8 nitrogen and oxygen atoms in total. The fraction of sp³-hybridized carbons (Fsp3) is 0.111. The van der Waals surface area contributed by atoms with Crippen LogP contribution in [-0.2, 0) is 16.2 Å². The zero-order valence-electron chi connectivity index (χ0n) is 19.2. The summed E-state index contributed by atoms with van der Waals surface area (Å²) in [4.78, 5) is 38.9. The number of rotatable bonds is 7. The van der Waals surface area contributed by atoms with Gasteiger partial charge in [0, 0.05) is 10.0 Å². The Labute approximate surface area is 215 Å². The molecule has 0 atom stereocenters. The van der Waals surface area contributed by atoms with Crippen LogP contribution < -0.4 is 19.7 Å². The van der Waals surface area contributed by atoms with E-state index in [4.69, 9.17) is 9.47 Å². The average molecular weight is 546 g/mol. The second-order valence-electron chi connectivity index (χ2n) is 7.63. The number of carbonyl (C=O) groups excluding carboxylic acids is 3. The maximum atomic E-state index is 13.1. The summed E-state index contributed by atoms with van der Waals surface area (Å²) in [6.07, 6.45) is 1.40. The summed E-state index contributed by atoms with van der Waals surface area (Å²) in [7, 11) is 0. The van der Waals surface area contributed by atoms with Crippen LogP contribution in [0.15, 0.2) is 76.8 Å². The molecule has 36 heavy (non-hydrogen) atoms. The fourth-order valence-corrected chi connectivity index (χ4v) is 3.83. The summed E-state index contributed by atoms with van der Waals surface area (Å²) in [5, 5.41) is 11.5. The van der Waals surface area contributed by atoms with E-state index in [9.17, 15) is 19.6 Å². The van der Waals surface area contributed by atoms with Crippen molar-refractivity contribution in [3.05, 3.63) is 93.5 Å². The summed E-state index contributed by atoms with van der Waals surface area (Å²) in [5.41, 5.74) is 1.89. The van der Waals surface area contributed by atoms with Crippen LogP contribution in [0.2, 0.25) is 0 Å². The maximum absolute atomic E-state index is 13.1. The fourth-order valence-electron chi connectivity index (χ4n) is 3.56. The highest BCUT2D eigenvalue weighted by Crippen LogP contribution is 2.31. The largest absolute Gasteiger partial charge is 0.490 e. The van der Waals surface area contributed by atoms with Crippen LogP contribution >= 0.6 is 15.9 Å². The first-order chi connectivity index (χ1) is 17.4. The van der Waals surface area contributed by atoms with Crippen LogP contribution in [0.1, 0.15) is 23.6 Å². The van der Waals surface area contributed by atoms with Crippen molar-refractivity contribution in [1.82, 2.24) is 5.32 Å². The van der Waals surface area contributed by atoms with Gasteiger partial charge in [0.05, 0.1) is 23.9 Å².